The lowest BCUT2D eigenvalue weighted by Crippen LogP contribution is -2.42. The second-order valence-electron chi connectivity index (χ2n) is 5.79. The number of nitrogens with one attached hydrogen (secondary N) is 1. The summed E-state index contributed by atoms with van der Waals surface area (Å²) in [5.74, 6) is -0.717. The highest BCUT2D eigenvalue weighted by Crippen LogP contribution is 2.17. The monoisotopic (exact) mass is 277 g/mol. The van der Waals surface area contributed by atoms with Crippen LogP contribution < -0.4 is 5.32 Å². The molecule has 3 nitrogen and oxygen atoms in total. The number of hydrogen-bond donors (Lipinski definition) is 2. The van der Waals surface area contributed by atoms with Gasteiger partial charge in [0.25, 0.3) is 0 Å². The summed E-state index contributed by atoms with van der Waals surface area (Å²) in [5, 5.41) is 12.4. The molecule has 1 aromatic rings. The first-order valence-electron chi connectivity index (χ1n) is 7.53. The lowest BCUT2D eigenvalue weighted by molar-refractivity contribution is -0.140. The van der Waals surface area contributed by atoms with Crippen LogP contribution in [0.4, 0.5) is 0 Å². The van der Waals surface area contributed by atoms with E-state index < -0.39 is 12.0 Å². The van der Waals surface area contributed by atoms with E-state index in [1.807, 2.05) is 20.8 Å². The van der Waals surface area contributed by atoms with Gasteiger partial charge in [0.1, 0.15) is 6.04 Å². The third-order valence-corrected chi connectivity index (χ3v) is 3.66. The Hall–Kier alpha value is -1.35. The van der Waals surface area contributed by atoms with Crippen LogP contribution in [-0.4, -0.2) is 17.1 Å². The van der Waals surface area contributed by atoms with Crippen LogP contribution in [0.3, 0.4) is 0 Å². The highest BCUT2D eigenvalue weighted by molar-refractivity contribution is 5.73. The van der Waals surface area contributed by atoms with E-state index >= 15 is 0 Å². The molecule has 0 aliphatic heterocycles. The first-order chi connectivity index (χ1) is 9.45. The minimum absolute atomic E-state index is 0.0405. The van der Waals surface area contributed by atoms with E-state index in [2.05, 4.69) is 36.5 Å². The normalized spacial score (nSPS) is 14.2. The van der Waals surface area contributed by atoms with Crippen LogP contribution >= 0.6 is 0 Å². The zero-order valence-corrected chi connectivity index (χ0v) is 13.0. The van der Waals surface area contributed by atoms with Crippen molar-refractivity contribution in [2.45, 2.75) is 59.0 Å². The Labute approximate surface area is 122 Å². The van der Waals surface area contributed by atoms with Crippen LogP contribution in [0.2, 0.25) is 0 Å². The molecule has 2 atom stereocenters. The Kier molecular flexibility index (Phi) is 6.73. The van der Waals surface area contributed by atoms with Gasteiger partial charge in [-0.05, 0) is 36.8 Å². The van der Waals surface area contributed by atoms with Gasteiger partial charge in [0.05, 0.1) is 0 Å². The summed E-state index contributed by atoms with van der Waals surface area (Å²) < 4.78 is 0. The molecule has 0 heterocycles. The molecule has 112 valence electrons. The van der Waals surface area contributed by atoms with Crippen LogP contribution in [0.25, 0.3) is 0 Å². The van der Waals surface area contributed by atoms with Gasteiger partial charge < -0.3 is 5.11 Å². The minimum Gasteiger partial charge on any atom is -0.480 e. The summed E-state index contributed by atoms with van der Waals surface area (Å²) in [4.78, 5) is 11.2. The standard InChI is InChI=1S/C17H27NO2/c1-5-6-7-14-8-10-15(11-9-14)13(4)18-16(12(2)3)17(19)20/h8-13,16,18H,5-7H2,1-4H3,(H,19,20). The maximum absolute atomic E-state index is 11.2. The summed E-state index contributed by atoms with van der Waals surface area (Å²) >= 11 is 0. The van der Waals surface area contributed by atoms with E-state index in [0.29, 0.717) is 0 Å². The molecule has 0 saturated carbocycles. The Morgan fingerprint density at radius 3 is 2.25 bits per heavy atom. The van der Waals surface area contributed by atoms with E-state index in [1.165, 1.54) is 18.4 Å². The van der Waals surface area contributed by atoms with Crippen molar-refractivity contribution in [3.05, 3.63) is 35.4 Å². The smallest absolute Gasteiger partial charge is 0.320 e. The molecular weight excluding hydrogens is 250 g/mol. The maximum atomic E-state index is 11.2. The second-order valence-corrected chi connectivity index (χ2v) is 5.79. The highest BCUT2D eigenvalue weighted by atomic mass is 16.4. The predicted molar refractivity (Wildman–Crippen MR) is 82.9 cm³/mol. The molecule has 0 aliphatic carbocycles. The van der Waals surface area contributed by atoms with Gasteiger partial charge in [0, 0.05) is 6.04 Å². The first kappa shape index (κ1) is 16.7. The third-order valence-electron chi connectivity index (χ3n) is 3.66. The van der Waals surface area contributed by atoms with Crippen molar-refractivity contribution < 1.29 is 9.90 Å². The van der Waals surface area contributed by atoms with Crippen LogP contribution in [0.1, 0.15) is 57.7 Å². The molecule has 3 heteroatoms. The van der Waals surface area contributed by atoms with Crippen molar-refractivity contribution in [2.24, 2.45) is 5.92 Å². The summed E-state index contributed by atoms with van der Waals surface area (Å²) in [7, 11) is 0. The minimum atomic E-state index is -0.786. The largest absolute Gasteiger partial charge is 0.480 e. The summed E-state index contributed by atoms with van der Waals surface area (Å²) in [6, 6.07) is 8.02. The fourth-order valence-electron chi connectivity index (χ4n) is 2.27. The number of benzene rings is 1. The molecule has 2 unspecified atom stereocenters. The van der Waals surface area contributed by atoms with Gasteiger partial charge in [-0.15, -0.1) is 0 Å². The fourth-order valence-corrected chi connectivity index (χ4v) is 2.27. The van der Waals surface area contributed by atoms with Gasteiger partial charge in [-0.2, -0.15) is 0 Å². The summed E-state index contributed by atoms with van der Waals surface area (Å²) in [5.41, 5.74) is 2.48. The molecule has 0 aliphatic rings. The molecule has 0 spiro atoms. The molecule has 0 saturated heterocycles. The Morgan fingerprint density at radius 2 is 1.80 bits per heavy atom. The molecule has 0 amide bonds. The number of carboxylic acids is 1. The lowest BCUT2D eigenvalue weighted by atomic mass is 9.99. The Bertz CT molecular complexity index is 412. The number of aliphatic carboxylic acids is 1. The maximum Gasteiger partial charge on any atom is 0.320 e. The van der Waals surface area contributed by atoms with Crippen molar-refractivity contribution in [3.8, 4) is 0 Å². The predicted octanol–water partition coefficient (Wildman–Crippen LogP) is 3.79. The molecule has 0 radical (unpaired) electrons. The van der Waals surface area contributed by atoms with Gasteiger partial charge in [0.15, 0.2) is 0 Å². The number of carbonyl (C=O) groups is 1. The van der Waals surface area contributed by atoms with E-state index in [4.69, 9.17) is 0 Å². The summed E-state index contributed by atoms with van der Waals surface area (Å²) in [6.07, 6.45) is 3.53. The molecule has 0 bridgehead atoms. The van der Waals surface area contributed by atoms with Gasteiger partial charge in [0.2, 0.25) is 0 Å². The van der Waals surface area contributed by atoms with Crippen molar-refractivity contribution in [1.82, 2.24) is 5.32 Å². The van der Waals surface area contributed by atoms with Crippen molar-refractivity contribution in [2.75, 3.05) is 0 Å². The van der Waals surface area contributed by atoms with E-state index in [0.717, 1.165) is 12.0 Å². The van der Waals surface area contributed by atoms with Crippen molar-refractivity contribution in [3.63, 3.8) is 0 Å². The Morgan fingerprint density at radius 1 is 1.20 bits per heavy atom. The molecule has 0 aromatic heterocycles. The number of rotatable bonds is 8. The first-order valence-corrected chi connectivity index (χ1v) is 7.53. The highest BCUT2D eigenvalue weighted by Gasteiger charge is 2.23. The molecular formula is C17H27NO2. The fraction of sp³-hybridized carbons (Fsp3) is 0.588. The van der Waals surface area contributed by atoms with Gasteiger partial charge in [-0.3, -0.25) is 10.1 Å². The zero-order chi connectivity index (χ0) is 15.1. The number of hydrogen-bond acceptors (Lipinski definition) is 2. The van der Waals surface area contributed by atoms with Crippen molar-refractivity contribution in [1.29, 1.82) is 0 Å². The molecule has 0 fully saturated rings. The van der Waals surface area contributed by atoms with E-state index in [-0.39, 0.29) is 12.0 Å². The van der Waals surface area contributed by atoms with Crippen LogP contribution in [0, 0.1) is 5.92 Å². The van der Waals surface area contributed by atoms with E-state index in [9.17, 15) is 9.90 Å². The zero-order valence-electron chi connectivity index (χ0n) is 13.0. The van der Waals surface area contributed by atoms with Gasteiger partial charge in [-0.1, -0.05) is 51.5 Å². The third kappa shape index (κ3) is 4.97. The summed E-state index contributed by atoms with van der Waals surface area (Å²) in [6.45, 7) is 8.05. The number of unbranched alkanes of at least 4 members (excludes halogenated alkanes) is 1. The number of carboxylic acid groups (broad SMARTS) is 1. The average molecular weight is 277 g/mol. The molecule has 20 heavy (non-hydrogen) atoms. The SMILES string of the molecule is CCCCc1ccc(C(C)NC(C(=O)O)C(C)C)cc1. The topological polar surface area (TPSA) is 49.3 Å². The van der Waals surface area contributed by atoms with Gasteiger partial charge in [-0.25, -0.2) is 0 Å². The molecule has 1 rings (SSSR count). The van der Waals surface area contributed by atoms with Crippen LogP contribution in [0.5, 0.6) is 0 Å². The quantitative estimate of drug-likeness (QED) is 0.760. The molecule has 2 N–H and O–H groups in total. The van der Waals surface area contributed by atoms with Crippen LogP contribution in [0.15, 0.2) is 24.3 Å². The Balaban J connectivity index is 2.67. The van der Waals surface area contributed by atoms with Gasteiger partial charge >= 0.3 is 5.97 Å². The lowest BCUT2D eigenvalue weighted by Gasteiger charge is -2.23. The van der Waals surface area contributed by atoms with E-state index in [1.54, 1.807) is 0 Å². The van der Waals surface area contributed by atoms with Crippen LogP contribution in [-0.2, 0) is 11.2 Å². The average Bonchev–Trinajstić information content (AvgIpc) is 2.42. The number of aryl methyl sites for hydroxylation is 1. The molecule has 1 aromatic carbocycles. The second kappa shape index (κ2) is 8.05. The van der Waals surface area contributed by atoms with Crippen molar-refractivity contribution >= 4 is 5.97 Å².